The van der Waals surface area contributed by atoms with Gasteiger partial charge in [0.15, 0.2) is 0 Å². The van der Waals surface area contributed by atoms with Gasteiger partial charge in [-0.3, -0.25) is 4.79 Å². The molecular formula is C17H16FNO4. The molecule has 0 aliphatic heterocycles. The number of esters is 1. The molecule has 0 saturated heterocycles. The number of halogens is 1. The maximum Gasteiger partial charge on any atom is 0.328 e. The van der Waals surface area contributed by atoms with Crippen LogP contribution in [-0.2, 0) is 16.0 Å². The molecule has 23 heavy (non-hydrogen) atoms. The van der Waals surface area contributed by atoms with Gasteiger partial charge in [-0.25, -0.2) is 9.18 Å². The van der Waals surface area contributed by atoms with E-state index in [4.69, 9.17) is 0 Å². The molecule has 0 aliphatic carbocycles. The second-order valence-electron chi connectivity index (χ2n) is 4.93. The molecule has 2 N–H and O–H groups in total. The zero-order valence-corrected chi connectivity index (χ0v) is 12.5. The van der Waals surface area contributed by atoms with Crippen LogP contribution >= 0.6 is 0 Å². The van der Waals surface area contributed by atoms with Gasteiger partial charge in [-0.1, -0.05) is 18.2 Å². The van der Waals surface area contributed by atoms with Crippen LogP contribution in [0.1, 0.15) is 15.9 Å². The Hall–Kier alpha value is -2.89. The maximum absolute atomic E-state index is 13.2. The first-order chi connectivity index (χ1) is 11.0. The topological polar surface area (TPSA) is 75.6 Å². The van der Waals surface area contributed by atoms with Crippen LogP contribution in [0.5, 0.6) is 5.75 Å². The molecule has 0 unspecified atom stereocenters. The van der Waals surface area contributed by atoms with Gasteiger partial charge in [0, 0.05) is 12.0 Å². The summed E-state index contributed by atoms with van der Waals surface area (Å²) < 4.78 is 17.9. The van der Waals surface area contributed by atoms with E-state index >= 15 is 0 Å². The van der Waals surface area contributed by atoms with Crippen molar-refractivity contribution in [3.8, 4) is 5.75 Å². The number of phenols is 1. The summed E-state index contributed by atoms with van der Waals surface area (Å²) in [7, 11) is 1.21. The van der Waals surface area contributed by atoms with E-state index in [2.05, 4.69) is 10.1 Å². The highest BCUT2D eigenvalue weighted by Gasteiger charge is 2.23. The Balaban J connectivity index is 2.15. The molecule has 0 fully saturated rings. The van der Waals surface area contributed by atoms with Crippen LogP contribution < -0.4 is 5.32 Å². The highest BCUT2D eigenvalue weighted by molar-refractivity contribution is 5.97. The number of rotatable bonds is 5. The lowest BCUT2D eigenvalue weighted by Gasteiger charge is -2.17. The van der Waals surface area contributed by atoms with Crippen LogP contribution in [0.3, 0.4) is 0 Å². The van der Waals surface area contributed by atoms with Gasteiger partial charge in [0.2, 0.25) is 0 Å². The summed E-state index contributed by atoms with van der Waals surface area (Å²) in [6.07, 6.45) is 0.0923. The fourth-order valence-corrected chi connectivity index (χ4v) is 2.12. The number of methoxy groups -OCH3 is 1. The van der Waals surface area contributed by atoms with Gasteiger partial charge in [0.05, 0.1) is 7.11 Å². The molecule has 2 aromatic rings. The molecule has 6 heteroatoms. The Kier molecular flexibility index (Phi) is 5.30. The lowest BCUT2D eigenvalue weighted by atomic mass is 10.1. The Morgan fingerprint density at radius 1 is 1.22 bits per heavy atom. The zero-order chi connectivity index (χ0) is 16.8. The summed E-state index contributed by atoms with van der Waals surface area (Å²) in [5.74, 6) is -1.65. The molecule has 0 aromatic heterocycles. The standard InChI is InChI=1S/C17H16FNO4/c1-23-17(22)15(9-11-4-2-6-13(18)8-11)19-16(21)12-5-3-7-14(20)10-12/h2-8,10,15,20H,9H2,1H3,(H,19,21)/t15-/m0/s1. The summed E-state index contributed by atoms with van der Waals surface area (Å²) in [5.41, 5.74) is 0.759. The van der Waals surface area contributed by atoms with E-state index in [9.17, 15) is 19.1 Å². The summed E-state index contributed by atoms with van der Waals surface area (Å²) >= 11 is 0. The van der Waals surface area contributed by atoms with E-state index in [1.165, 1.54) is 49.6 Å². The molecule has 0 radical (unpaired) electrons. The average Bonchev–Trinajstić information content (AvgIpc) is 2.53. The first-order valence-corrected chi connectivity index (χ1v) is 6.92. The van der Waals surface area contributed by atoms with Crippen molar-refractivity contribution in [1.82, 2.24) is 5.32 Å². The van der Waals surface area contributed by atoms with E-state index in [1.54, 1.807) is 6.07 Å². The quantitative estimate of drug-likeness (QED) is 0.828. The van der Waals surface area contributed by atoms with Crippen molar-refractivity contribution >= 4 is 11.9 Å². The van der Waals surface area contributed by atoms with Crippen molar-refractivity contribution in [2.24, 2.45) is 0 Å². The third-order valence-electron chi connectivity index (χ3n) is 3.23. The minimum atomic E-state index is -0.961. The SMILES string of the molecule is COC(=O)[C@H](Cc1cccc(F)c1)NC(=O)c1cccc(O)c1. The van der Waals surface area contributed by atoms with Gasteiger partial charge in [0.25, 0.3) is 5.91 Å². The molecule has 1 atom stereocenters. The molecule has 2 rings (SSSR count). The molecular weight excluding hydrogens is 301 g/mol. The molecule has 120 valence electrons. The number of nitrogens with one attached hydrogen (secondary N) is 1. The molecule has 2 aromatic carbocycles. The number of hydrogen-bond acceptors (Lipinski definition) is 4. The number of ether oxygens (including phenoxy) is 1. The third-order valence-corrected chi connectivity index (χ3v) is 3.23. The number of carbonyl (C=O) groups excluding carboxylic acids is 2. The predicted octanol–water partition coefficient (Wildman–Crippen LogP) is 2.05. The lowest BCUT2D eigenvalue weighted by molar-refractivity contribution is -0.142. The van der Waals surface area contributed by atoms with E-state index < -0.39 is 23.7 Å². The Bertz CT molecular complexity index is 717. The molecule has 0 saturated carbocycles. The number of carbonyl (C=O) groups is 2. The predicted molar refractivity (Wildman–Crippen MR) is 81.5 cm³/mol. The minimum absolute atomic E-state index is 0.0580. The third kappa shape index (κ3) is 4.54. The molecule has 1 amide bonds. The number of amides is 1. The molecule has 0 aliphatic rings. The lowest BCUT2D eigenvalue weighted by Crippen LogP contribution is -2.43. The molecule has 5 nitrogen and oxygen atoms in total. The van der Waals surface area contributed by atoms with Crippen molar-refractivity contribution in [1.29, 1.82) is 0 Å². The van der Waals surface area contributed by atoms with E-state index in [0.29, 0.717) is 5.56 Å². The average molecular weight is 317 g/mol. The summed E-state index contributed by atoms with van der Waals surface area (Å²) in [4.78, 5) is 24.0. The van der Waals surface area contributed by atoms with Crippen LogP contribution in [0, 0.1) is 5.82 Å². The van der Waals surface area contributed by atoms with Crippen LogP contribution in [0.15, 0.2) is 48.5 Å². The smallest absolute Gasteiger partial charge is 0.328 e. The summed E-state index contributed by atoms with van der Waals surface area (Å²) in [5, 5.41) is 11.9. The Labute approximate surface area is 132 Å². The summed E-state index contributed by atoms with van der Waals surface area (Å²) in [6.45, 7) is 0. The molecule has 0 bridgehead atoms. The van der Waals surface area contributed by atoms with Crippen molar-refractivity contribution < 1.29 is 23.8 Å². The van der Waals surface area contributed by atoms with Gasteiger partial charge in [-0.05, 0) is 35.9 Å². The number of benzene rings is 2. The summed E-state index contributed by atoms with van der Waals surface area (Å²) in [6, 6.07) is 10.5. The highest BCUT2D eigenvalue weighted by atomic mass is 19.1. The molecule has 0 heterocycles. The highest BCUT2D eigenvalue weighted by Crippen LogP contribution is 2.12. The fraction of sp³-hybridized carbons (Fsp3) is 0.176. The van der Waals surface area contributed by atoms with Gasteiger partial charge in [0.1, 0.15) is 17.6 Å². The van der Waals surface area contributed by atoms with E-state index in [1.807, 2.05) is 0 Å². The van der Waals surface area contributed by atoms with Crippen LogP contribution in [0.4, 0.5) is 4.39 Å². The Morgan fingerprint density at radius 2 is 1.96 bits per heavy atom. The second kappa shape index (κ2) is 7.40. The Morgan fingerprint density at radius 3 is 2.61 bits per heavy atom. The van der Waals surface area contributed by atoms with Crippen LogP contribution in [0.25, 0.3) is 0 Å². The second-order valence-corrected chi connectivity index (χ2v) is 4.93. The zero-order valence-electron chi connectivity index (χ0n) is 12.5. The number of hydrogen-bond donors (Lipinski definition) is 2. The largest absolute Gasteiger partial charge is 0.508 e. The van der Waals surface area contributed by atoms with Crippen LogP contribution in [0.2, 0.25) is 0 Å². The van der Waals surface area contributed by atoms with Crippen molar-refractivity contribution in [2.45, 2.75) is 12.5 Å². The van der Waals surface area contributed by atoms with Gasteiger partial charge in [-0.15, -0.1) is 0 Å². The van der Waals surface area contributed by atoms with Gasteiger partial charge in [-0.2, -0.15) is 0 Å². The van der Waals surface area contributed by atoms with Crippen molar-refractivity contribution in [2.75, 3.05) is 7.11 Å². The monoisotopic (exact) mass is 317 g/mol. The van der Waals surface area contributed by atoms with Gasteiger partial charge >= 0.3 is 5.97 Å². The van der Waals surface area contributed by atoms with Crippen molar-refractivity contribution in [3.63, 3.8) is 0 Å². The molecule has 0 spiro atoms. The number of phenolic OH excluding ortho intramolecular Hbond substituents is 1. The van der Waals surface area contributed by atoms with E-state index in [-0.39, 0.29) is 17.7 Å². The fourth-order valence-electron chi connectivity index (χ4n) is 2.12. The van der Waals surface area contributed by atoms with Gasteiger partial charge < -0.3 is 15.2 Å². The number of aromatic hydroxyl groups is 1. The first-order valence-electron chi connectivity index (χ1n) is 6.92. The van der Waals surface area contributed by atoms with E-state index in [0.717, 1.165) is 0 Å². The maximum atomic E-state index is 13.2. The first kappa shape index (κ1) is 16.5. The van der Waals surface area contributed by atoms with Crippen molar-refractivity contribution in [3.05, 3.63) is 65.5 Å². The minimum Gasteiger partial charge on any atom is -0.508 e. The van der Waals surface area contributed by atoms with Crippen LogP contribution in [-0.4, -0.2) is 30.1 Å². The normalized spacial score (nSPS) is 11.6.